The standard InChI is InChI=1S/C32H19NO2S/c1-2-8-20(9-3-1)33(22-14-16-24-23-10-5-7-13-29(23)36-30(24)19-22)21-15-17-26-28(18-21)35-31-25-11-4-6-12-27(25)34-32(26)31/h1-19H. The van der Waals surface area contributed by atoms with E-state index in [1.54, 1.807) is 0 Å². The molecule has 0 aliphatic heterocycles. The van der Waals surface area contributed by atoms with E-state index in [2.05, 4.69) is 89.8 Å². The summed E-state index contributed by atoms with van der Waals surface area (Å²) in [6.07, 6.45) is 0. The molecule has 0 radical (unpaired) electrons. The molecule has 0 atom stereocenters. The summed E-state index contributed by atoms with van der Waals surface area (Å²) in [7, 11) is 0. The van der Waals surface area contributed by atoms with Gasteiger partial charge in [0.2, 0.25) is 0 Å². The average Bonchev–Trinajstić information content (AvgIpc) is 3.58. The Kier molecular flexibility index (Phi) is 4.10. The normalized spacial score (nSPS) is 11.9. The smallest absolute Gasteiger partial charge is 0.181 e. The zero-order valence-electron chi connectivity index (χ0n) is 19.1. The van der Waals surface area contributed by atoms with Gasteiger partial charge in [-0.05, 0) is 54.6 Å². The second kappa shape index (κ2) is 7.48. The molecule has 3 heterocycles. The number of para-hydroxylation sites is 2. The Morgan fingerprint density at radius 2 is 1.06 bits per heavy atom. The number of hydrogen-bond donors (Lipinski definition) is 0. The zero-order chi connectivity index (χ0) is 23.6. The molecule has 0 N–H and O–H groups in total. The molecule has 8 rings (SSSR count). The summed E-state index contributed by atoms with van der Waals surface area (Å²) in [5.41, 5.74) is 6.51. The third-order valence-corrected chi connectivity index (χ3v) is 8.00. The molecule has 0 spiro atoms. The number of nitrogens with zero attached hydrogens (tertiary/aromatic N) is 1. The van der Waals surface area contributed by atoms with E-state index in [9.17, 15) is 0 Å². The van der Waals surface area contributed by atoms with Gasteiger partial charge in [0, 0.05) is 43.3 Å². The van der Waals surface area contributed by atoms with Crippen molar-refractivity contribution in [3.05, 3.63) is 115 Å². The van der Waals surface area contributed by atoms with Gasteiger partial charge in [-0.15, -0.1) is 11.3 Å². The van der Waals surface area contributed by atoms with Crippen molar-refractivity contribution in [2.24, 2.45) is 0 Å². The van der Waals surface area contributed by atoms with E-state index in [0.717, 1.165) is 50.2 Å². The lowest BCUT2D eigenvalue weighted by molar-refractivity contribution is 0.653. The van der Waals surface area contributed by atoms with Gasteiger partial charge in [-0.2, -0.15) is 0 Å². The van der Waals surface area contributed by atoms with Crippen molar-refractivity contribution in [3.8, 4) is 0 Å². The Bertz CT molecular complexity index is 2060. The van der Waals surface area contributed by atoms with Crippen LogP contribution in [0.15, 0.2) is 124 Å². The van der Waals surface area contributed by atoms with Crippen LogP contribution in [0.5, 0.6) is 0 Å². The van der Waals surface area contributed by atoms with Crippen LogP contribution in [0.2, 0.25) is 0 Å². The predicted molar refractivity (Wildman–Crippen MR) is 151 cm³/mol. The topological polar surface area (TPSA) is 29.5 Å². The third kappa shape index (κ3) is 2.85. The zero-order valence-corrected chi connectivity index (χ0v) is 20.0. The van der Waals surface area contributed by atoms with Gasteiger partial charge in [-0.25, -0.2) is 0 Å². The molecule has 0 unspecified atom stereocenters. The minimum atomic E-state index is 0.802. The van der Waals surface area contributed by atoms with Gasteiger partial charge < -0.3 is 13.7 Å². The van der Waals surface area contributed by atoms with E-state index in [4.69, 9.17) is 8.83 Å². The number of thiophene rings is 1. The molecule has 0 saturated carbocycles. The Morgan fingerprint density at radius 3 is 1.92 bits per heavy atom. The minimum Gasteiger partial charge on any atom is -0.452 e. The van der Waals surface area contributed by atoms with Crippen LogP contribution in [-0.4, -0.2) is 0 Å². The summed E-state index contributed by atoms with van der Waals surface area (Å²) in [6.45, 7) is 0. The minimum absolute atomic E-state index is 0.802. The van der Waals surface area contributed by atoms with Crippen molar-refractivity contribution in [1.82, 2.24) is 0 Å². The van der Waals surface area contributed by atoms with Gasteiger partial charge >= 0.3 is 0 Å². The van der Waals surface area contributed by atoms with Crippen LogP contribution < -0.4 is 4.90 Å². The number of benzene rings is 5. The van der Waals surface area contributed by atoms with E-state index in [0.29, 0.717) is 0 Å². The van der Waals surface area contributed by atoms with Crippen molar-refractivity contribution in [2.45, 2.75) is 0 Å². The number of fused-ring (bicyclic) bond motifs is 8. The lowest BCUT2D eigenvalue weighted by Crippen LogP contribution is -2.09. The lowest BCUT2D eigenvalue weighted by atomic mass is 10.1. The van der Waals surface area contributed by atoms with Crippen LogP contribution in [0.1, 0.15) is 0 Å². The summed E-state index contributed by atoms with van der Waals surface area (Å²) in [5.74, 6) is 0. The molecule has 8 aromatic rings. The van der Waals surface area contributed by atoms with Crippen LogP contribution in [0.3, 0.4) is 0 Å². The van der Waals surface area contributed by atoms with E-state index in [1.807, 2.05) is 41.7 Å². The van der Waals surface area contributed by atoms with Gasteiger partial charge in [0.05, 0.1) is 10.8 Å². The maximum atomic E-state index is 6.36. The van der Waals surface area contributed by atoms with Crippen molar-refractivity contribution < 1.29 is 8.83 Å². The Hall–Kier alpha value is -4.54. The summed E-state index contributed by atoms with van der Waals surface area (Å²) in [6, 6.07) is 40.2. The maximum absolute atomic E-state index is 6.36. The summed E-state index contributed by atoms with van der Waals surface area (Å²) in [5, 5.41) is 4.58. The number of furan rings is 2. The quantitative estimate of drug-likeness (QED) is 0.251. The Labute approximate surface area is 210 Å². The third-order valence-electron chi connectivity index (χ3n) is 6.86. The monoisotopic (exact) mass is 481 g/mol. The van der Waals surface area contributed by atoms with Gasteiger partial charge in [-0.3, -0.25) is 0 Å². The molecule has 0 amide bonds. The molecule has 4 heteroatoms. The van der Waals surface area contributed by atoms with Gasteiger partial charge in [-0.1, -0.05) is 54.6 Å². The second-order valence-electron chi connectivity index (χ2n) is 8.99. The first-order valence-electron chi connectivity index (χ1n) is 11.9. The molecular formula is C32H19NO2S. The van der Waals surface area contributed by atoms with Crippen molar-refractivity contribution >= 4 is 81.7 Å². The molecule has 0 bridgehead atoms. The van der Waals surface area contributed by atoms with Crippen LogP contribution in [-0.2, 0) is 0 Å². The molecular weight excluding hydrogens is 462 g/mol. The van der Waals surface area contributed by atoms with Crippen LogP contribution in [0.4, 0.5) is 17.1 Å². The van der Waals surface area contributed by atoms with Crippen LogP contribution in [0.25, 0.3) is 53.3 Å². The van der Waals surface area contributed by atoms with E-state index >= 15 is 0 Å². The number of hydrogen-bond acceptors (Lipinski definition) is 4. The van der Waals surface area contributed by atoms with Gasteiger partial charge in [0.1, 0.15) is 11.2 Å². The highest BCUT2D eigenvalue weighted by Gasteiger charge is 2.19. The van der Waals surface area contributed by atoms with E-state index in [-0.39, 0.29) is 0 Å². The first-order chi connectivity index (χ1) is 17.8. The van der Waals surface area contributed by atoms with E-state index in [1.165, 1.54) is 20.2 Å². The van der Waals surface area contributed by atoms with Crippen molar-refractivity contribution in [2.75, 3.05) is 4.90 Å². The summed E-state index contributed by atoms with van der Waals surface area (Å²) in [4.78, 5) is 2.28. The fraction of sp³-hybridized carbons (Fsp3) is 0. The fourth-order valence-corrected chi connectivity index (χ4v) is 6.35. The first kappa shape index (κ1) is 19.7. The molecule has 3 aromatic heterocycles. The molecule has 0 fully saturated rings. The lowest BCUT2D eigenvalue weighted by Gasteiger charge is -2.25. The molecule has 0 aliphatic carbocycles. The Morgan fingerprint density at radius 1 is 0.444 bits per heavy atom. The highest BCUT2D eigenvalue weighted by molar-refractivity contribution is 7.25. The molecule has 0 aliphatic rings. The van der Waals surface area contributed by atoms with Crippen LogP contribution >= 0.6 is 11.3 Å². The highest BCUT2D eigenvalue weighted by Crippen LogP contribution is 2.43. The molecule has 5 aromatic carbocycles. The molecule has 36 heavy (non-hydrogen) atoms. The Balaban J connectivity index is 1.34. The maximum Gasteiger partial charge on any atom is 0.181 e. The fourth-order valence-electron chi connectivity index (χ4n) is 5.21. The highest BCUT2D eigenvalue weighted by atomic mass is 32.1. The second-order valence-corrected chi connectivity index (χ2v) is 10.1. The van der Waals surface area contributed by atoms with E-state index < -0.39 is 0 Å². The molecule has 170 valence electrons. The summed E-state index contributed by atoms with van der Waals surface area (Å²) >= 11 is 1.83. The van der Waals surface area contributed by atoms with Crippen molar-refractivity contribution in [3.63, 3.8) is 0 Å². The van der Waals surface area contributed by atoms with Gasteiger partial charge in [0.25, 0.3) is 0 Å². The molecule has 3 nitrogen and oxygen atoms in total. The summed E-state index contributed by atoms with van der Waals surface area (Å²) < 4.78 is 15.1. The largest absolute Gasteiger partial charge is 0.452 e. The first-order valence-corrected chi connectivity index (χ1v) is 12.8. The molecule has 0 saturated heterocycles. The number of rotatable bonds is 3. The van der Waals surface area contributed by atoms with Crippen LogP contribution in [0, 0.1) is 0 Å². The number of anilines is 3. The van der Waals surface area contributed by atoms with Gasteiger partial charge in [0.15, 0.2) is 11.2 Å². The SMILES string of the molecule is c1ccc(N(c2ccc3c(c2)oc2c4ccccc4oc32)c2ccc3c(c2)sc2ccccc23)cc1. The predicted octanol–water partition coefficient (Wildman–Crippen LogP) is 10.2. The average molecular weight is 482 g/mol. The van der Waals surface area contributed by atoms with Crippen molar-refractivity contribution in [1.29, 1.82) is 0 Å².